The Bertz CT molecular complexity index is 1110. The first-order valence-corrected chi connectivity index (χ1v) is 11.2. The van der Waals surface area contributed by atoms with E-state index >= 15 is 0 Å². The lowest BCUT2D eigenvalue weighted by Gasteiger charge is -2.33. The van der Waals surface area contributed by atoms with E-state index in [2.05, 4.69) is 6.92 Å². The Morgan fingerprint density at radius 3 is 2.67 bits per heavy atom. The largest absolute Gasteiger partial charge is 0.497 e. The van der Waals surface area contributed by atoms with Crippen LogP contribution in [0.2, 0.25) is 0 Å². The topological polar surface area (TPSA) is 64.4 Å². The minimum Gasteiger partial charge on any atom is -0.497 e. The molecule has 1 saturated heterocycles. The van der Waals surface area contributed by atoms with Gasteiger partial charge in [0.25, 0.3) is 5.56 Å². The van der Waals surface area contributed by atoms with Gasteiger partial charge in [0.15, 0.2) is 5.16 Å². The zero-order valence-corrected chi connectivity index (χ0v) is 18.0. The van der Waals surface area contributed by atoms with Crippen LogP contribution in [0, 0.1) is 0 Å². The van der Waals surface area contributed by atoms with Crippen LogP contribution in [0.5, 0.6) is 5.75 Å². The van der Waals surface area contributed by atoms with Crippen molar-refractivity contribution in [3.8, 4) is 11.4 Å². The van der Waals surface area contributed by atoms with E-state index in [1.807, 2.05) is 47.4 Å². The molecule has 1 fully saturated rings. The second kappa shape index (κ2) is 8.92. The first-order valence-electron chi connectivity index (χ1n) is 10.2. The molecule has 1 aliphatic rings. The normalized spacial score (nSPS) is 16.6. The Morgan fingerprint density at radius 1 is 1.17 bits per heavy atom. The van der Waals surface area contributed by atoms with E-state index in [0.29, 0.717) is 27.5 Å². The number of carbonyl (C=O) groups excluding carboxylic acids is 1. The summed E-state index contributed by atoms with van der Waals surface area (Å²) in [6.45, 7) is 2.90. The molecule has 1 aliphatic heterocycles. The van der Waals surface area contributed by atoms with Gasteiger partial charge in [-0.05, 0) is 62.6 Å². The summed E-state index contributed by atoms with van der Waals surface area (Å²) in [4.78, 5) is 32.8. The minimum atomic E-state index is -0.146. The number of thioether (sulfide) groups is 1. The molecule has 1 amide bonds. The molecule has 30 heavy (non-hydrogen) atoms. The first-order chi connectivity index (χ1) is 14.6. The highest BCUT2D eigenvalue weighted by molar-refractivity contribution is 7.99. The van der Waals surface area contributed by atoms with Crippen molar-refractivity contribution in [3.63, 3.8) is 0 Å². The number of benzene rings is 2. The fourth-order valence-corrected chi connectivity index (χ4v) is 4.74. The summed E-state index contributed by atoms with van der Waals surface area (Å²) in [7, 11) is 1.60. The Hall–Kier alpha value is -2.80. The third-order valence-corrected chi connectivity index (χ3v) is 6.45. The molecule has 156 valence electrons. The molecule has 3 aromatic rings. The number of methoxy groups -OCH3 is 1. The second-order valence-electron chi connectivity index (χ2n) is 7.47. The van der Waals surface area contributed by atoms with Crippen LogP contribution in [-0.4, -0.2) is 45.8 Å². The molecule has 0 bridgehead atoms. The SMILES string of the molecule is COc1ccc(-n2c(SCC(=O)N3CCCC[C@H]3C)nc3ccccc3c2=O)cc1. The Balaban J connectivity index is 1.70. The molecule has 2 heterocycles. The monoisotopic (exact) mass is 423 g/mol. The van der Waals surface area contributed by atoms with Crippen LogP contribution in [0.1, 0.15) is 26.2 Å². The molecule has 0 aliphatic carbocycles. The number of fused-ring (bicyclic) bond motifs is 1. The molecule has 6 nitrogen and oxygen atoms in total. The van der Waals surface area contributed by atoms with Crippen LogP contribution in [0.15, 0.2) is 58.5 Å². The lowest BCUT2D eigenvalue weighted by Crippen LogP contribution is -2.43. The van der Waals surface area contributed by atoms with Crippen molar-refractivity contribution in [2.75, 3.05) is 19.4 Å². The number of aromatic nitrogens is 2. The zero-order valence-electron chi connectivity index (χ0n) is 17.2. The minimum absolute atomic E-state index is 0.0934. The Labute approximate surface area is 179 Å². The van der Waals surface area contributed by atoms with Gasteiger partial charge in [0.05, 0.1) is 29.5 Å². The molecule has 0 N–H and O–H groups in total. The summed E-state index contributed by atoms with van der Waals surface area (Å²) in [5.41, 5.74) is 1.18. The predicted octanol–water partition coefficient (Wildman–Crippen LogP) is 3.89. The van der Waals surface area contributed by atoms with Crippen LogP contribution in [0.25, 0.3) is 16.6 Å². The van der Waals surface area contributed by atoms with Crippen molar-refractivity contribution in [1.82, 2.24) is 14.5 Å². The quantitative estimate of drug-likeness (QED) is 0.460. The van der Waals surface area contributed by atoms with Gasteiger partial charge < -0.3 is 9.64 Å². The summed E-state index contributed by atoms with van der Waals surface area (Å²) in [6, 6.07) is 14.8. The van der Waals surface area contributed by atoms with E-state index in [-0.39, 0.29) is 23.3 Å². The number of piperidine rings is 1. The van der Waals surface area contributed by atoms with E-state index in [9.17, 15) is 9.59 Å². The number of hydrogen-bond acceptors (Lipinski definition) is 5. The van der Waals surface area contributed by atoms with Crippen LogP contribution in [-0.2, 0) is 4.79 Å². The predicted molar refractivity (Wildman–Crippen MR) is 120 cm³/mol. The molecule has 1 atom stereocenters. The number of likely N-dealkylation sites (tertiary alicyclic amines) is 1. The van der Waals surface area contributed by atoms with Gasteiger partial charge in [0.1, 0.15) is 5.75 Å². The summed E-state index contributed by atoms with van der Waals surface area (Å²) in [6.07, 6.45) is 3.26. The molecule has 0 spiro atoms. The number of carbonyl (C=O) groups is 1. The third kappa shape index (κ3) is 4.07. The number of ether oxygens (including phenoxy) is 1. The summed E-state index contributed by atoms with van der Waals surface area (Å²) < 4.78 is 6.82. The highest BCUT2D eigenvalue weighted by Gasteiger charge is 2.24. The maximum Gasteiger partial charge on any atom is 0.266 e. The van der Waals surface area contributed by atoms with Gasteiger partial charge in [-0.25, -0.2) is 4.98 Å². The van der Waals surface area contributed by atoms with Crippen LogP contribution < -0.4 is 10.3 Å². The van der Waals surface area contributed by atoms with Gasteiger partial charge in [-0.15, -0.1) is 0 Å². The molecular formula is C23H25N3O3S. The number of rotatable bonds is 5. The van der Waals surface area contributed by atoms with Crippen molar-refractivity contribution in [2.24, 2.45) is 0 Å². The molecule has 4 rings (SSSR count). The lowest BCUT2D eigenvalue weighted by molar-refractivity contribution is -0.131. The van der Waals surface area contributed by atoms with Gasteiger partial charge in [-0.3, -0.25) is 14.2 Å². The molecule has 1 aromatic heterocycles. The molecule has 0 radical (unpaired) electrons. The van der Waals surface area contributed by atoms with Crippen molar-refractivity contribution >= 4 is 28.6 Å². The smallest absolute Gasteiger partial charge is 0.266 e. The summed E-state index contributed by atoms with van der Waals surface area (Å²) >= 11 is 1.31. The summed E-state index contributed by atoms with van der Waals surface area (Å²) in [5, 5.41) is 1.07. The molecular weight excluding hydrogens is 398 g/mol. The van der Waals surface area contributed by atoms with Gasteiger partial charge in [0.2, 0.25) is 5.91 Å². The van der Waals surface area contributed by atoms with Crippen LogP contribution in [0.4, 0.5) is 0 Å². The first kappa shape index (κ1) is 20.5. The highest BCUT2D eigenvalue weighted by atomic mass is 32.2. The Kier molecular flexibility index (Phi) is 6.08. The van der Waals surface area contributed by atoms with E-state index in [1.165, 1.54) is 18.2 Å². The molecule has 7 heteroatoms. The van der Waals surface area contributed by atoms with Crippen molar-refractivity contribution in [3.05, 3.63) is 58.9 Å². The van der Waals surface area contributed by atoms with E-state index in [4.69, 9.17) is 9.72 Å². The van der Waals surface area contributed by atoms with E-state index < -0.39 is 0 Å². The van der Waals surface area contributed by atoms with Crippen molar-refractivity contribution < 1.29 is 9.53 Å². The van der Waals surface area contributed by atoms with Gasteiger partial charge in [0, 0.05) is 12.6 Å². The maximum atomic E-state index is 13.3. The molecule has 0 unspecified atom stereocenters. The average molecular weight is 424 g/mol. The molecule has 2 aromatic carbocycles. The fourth-order valence-electron chi connectivity index (χ4n) is 3.85. The van der Waals surface area contributed by atoms with Crippen LogP contribution >= 0.6 is 11.8 Å². The lowest BCUT2D eigenvalue weighted by atomic mass is 10.0. The number of hydrogen-bond donors (Lipinski definition) is 0. The van der Waals surface area contributed by atoms with Gasteiger partial charge in [-0.2, -0.15) is 0 Å². The van der Waals surface area contributed by atoms with E-state index in [1.54, 1.807) is 17.7 Å². The van der Waals surface area contributed by atoms with Gasteiger partial charge >= 0.3 is 0 Å². The van der Waals surface area contributed by atoms with Crippen LogP contribution in [0.3, 0.4) is 0 Å². The summed E-state index contributed by atoms with van der Waals surface area (Å²) in [5.74, 6) is 1.06. The van der Waals surface area contributed by atoms with E-state index in [0.717, 1.165) is 19.4 Å². The third-order valence-electron chi connectivity index (χ3n) is 5.52. The van der Waals surface area contributed by atoms with Crippen molar-refractivity contribution in [1.29, 1.82) is 0 Å². The average Bonchev–Trinajstić information content (AvgIpc) is 2.78. The standard InChI is InChI=1S/C23H25N3O3S/c1-16-7-5-6-14-25(16)21(27)15-30-23-24-20-9-4-3-8-19(20)22(28)26(23)17-10-12-18(29-2)13-11-17/h3-4,8-13,16H,5-7,14-15H2,1-2H3/t16-/m1/s1. The molecule has 0 saturated carbocycles. The van der Waals surface area contributed by atoms with Gasteiger partial charge in [-0.1, -0.05) is 23.9 Å². The highest BCUT2D eigenvalue weighted by Crippen LogP contribution is 2.24. The zero-order chi connectivity index (χ0) is 21.1. The number of amides is 1. The van der Waals surface area contributed by atoms with Crippen molar-refractivity contribution in [2.45, 2.75) is 37.4 Å². The maximum absolute atomic E-state index is 13.3. The second-order valence-corrected chi connectivity index (χ2v) is 8.41. The fraction of sp³-hybridized carbons (Fsp3) is 0.348. The number of nitrogens with zero attached hydrogens (tertiary/aromatic N) is 3. The Morgan fingerprint density at radius 2 is 1.93 bits per heavy atom. The number of para-hydroxylation sites is 1.